The highest BCUT2D eigenvalue weighted by Crippen LogP contribution is 2.40. The highest BCUT2D eigenvalue weighted by atomic mass is 16.7. The SMILES string of the molecule is CCOc1ccccc1-c1cc(=O)[nH]c2cc3c(cc12)OCO3. The van der Waals surface area contributed by atoms with Crippen LogP contribution in [0.2, 0.25) is 0 Å². The van der Waals surface area contributed by atoms with Crippen molar-refractivity contribution in [3.05, 3.63) is 52.8 Å². The molecule has 116 valence electrons. The van der Waals surface area contributed by atoms with Crippen LogP contribution in [-0.2, 0) is 0 Å². The second-order valence-corrected chi connectivity index (χ2v) is 5.23. The molecule has 0 unspecified atom stereocenters. The minimum Gasteiger partial charge on any atom is -0.493 e. The van der Waals surface area contributed by atoms with E-state index >= 15 is 0 Å². The first-order chi connectivity index (χ1) is 11.3. The zero-order valence-corrected chi connectivity index (χ0v) is 12.6. The first-order valence-electron chi connectivity index (χ1n) is 7.45. The van der Waals surface area contributed by atoms with Crippen LogP contribution in [0.25, 0.3) is 22.0 Å². The number of rotatable bonds is 3. The van der Waals surface area contributed by atoms with Gasteiger partial charge in [-0.2, -0.15) is 0 Å². The molecule has 0 fully saturated rings. The third-order valence-corrected chi connectivity index (χ3v) is 3.81. The van der Waals surface area contributed by atoms with Crippen LogP contribution in [0, 0.1) is 0 Å². The standard InChI is InChI=1S/C18H15NO4/c1-2-21-15-6-4-3-5-11(15)12-8-18(20)19-14-9-17-16(7-13(12)14)22-10-23-17/h3-9H,2,10H2,1H3,(H,19,20). The highest BCUT2D eigenvalue weighted by molar-refractivity contribution is 5.97. The number of fused-ring (bicyclic) bond motifs is 2. The molecule has 2 aromatic carbocycles. The van der Waals surface area contributed by atoms with Gasteiger partial charge in [-0.15, -0.1) is 0 Å². The van der Waals surface area contributed by atoms with Crippen molar-refractivity contribution < 1.29 is 14.2 Å². The topological polar surface area (TPSA) is 60.6 Å². The zero-order valence-electron chi connectivity index (χ0n) is 12.6. The lowest BCUT2D eigenvalue weighted by Gasteiger charge is -2.12. The second-order valence-electron chi connectivity index (χ2n) is 5.23. The Labute approximate surface area is 132 Å². The summed E-state index contributed by atoms with van der Waals surface area (Å²) in [6.07, 6.45) is 0. The summed E-state index contributed by atoms with van der Waals surface area (Å²) in [5.74, 6) is 2.07. The van der Waals surface area contributed by atoms with E-state index < -0.39 is 0 Å². The summed E-state index contributed by atoms with van der Waals surface area (Å²) in [6.45, 7) is 2.69. The number of pyridine rings is 1. The first-order valence-corrected chi connectivity index (χ1v) is 7.45. The summed E-state index contributed by atoms with van der Waals surface area (Å²) in [5.41, 5.74) is 2.23. The fourth-order valence-electron chi connectivity index (χ4n) is 2.84. The van der Waals surface area contributed by atoms with Gasteiger partial charge in [0.2, 0.25) is 12.4 Å². The molecule has 1 N–H and O–H groups in total. The molecule has 1 aliphatic rings. The van der Waals surface area contributed by atoms with E-state index in [4.69, 9.17) is 14.2 Å². The van der Waals surface area contributed by atoms with Crippen molar-refractivity contribution in [2.75, 3.05) is 13.4 Å². The van der Waals surface area contributed by atoms with Gasteiger partial charge >= 0.3 is 0 Å². The number of aromatic amines is 1. The fraction of sp³-hybridized carbons (Fsp3) is 0.167. The molecule has 3 aromatic rings. The number of H-pyrrole nitrogens is 1. The van der Waals surface area contributed by atoms with Gasteiger partial charge in [-0.25, -0.2) is 0 Å². The summed E-state index contributed by atoms with van der Waals surface area (Å²) in [6, 6.07) is 13.0. The fourth-order valence-corrected chi connectivity index (χ4v) is 2.84. The third-order valence-electron chi connectivity index (χ3n) is 3.81. The minimum absolute atomic E-state index is 0.169. The van der Waals surface area contributed by atoms with E-state index in [9.17, 15) is 4.79 Å². The number of benzene rings is 2. The molecule has 0 saturated carbocycles. The van der Waals surface area contributed by atoms with E-state index in [1.165, 1.54) is 0 Å². The van der Waals surface area contributed by atoms with Crippen molar-refractivity contribution in [3.8, 4) is 28.4 Å². The Hall–Kier alpha value is -2.95. The summed E-state index contributed by atoms with van der Waals surface area (Å²) in [7, 11) is 0. The minimum atomic E-state index is -0.169. The Balaban J connectivity index is 2.02. The molecule has 0 atom stereocenters. The smallest absolute Gasteiger partial charge is 0.249 e. The second kappa shape index (κ2) is 5.35. The van der Waals surface area contributed by atoms with Gasteiger partial charge in [-0.05, 0) is 19.1 Å². The number of hydrogen-bond acceptors (Lipinski definition) is 4. The van der Waals surface area contributed by atoms with Gasteiger partial charge in [0.15, 0.2) is 11.5 Å². The van der Waals surface area contributed by atoms with Crippen LogP contribution in [0.3, 0.4) is 0 Å². The van der Waals surface area contributed by atoms with Gasteiger partial charge in [0, 0.05) is 28.6 Å². The molecule has 5 heteroatoms. The van der Waals surface area contributed by atoms with Gasteiger partial charge in [-0.3, -0.25) is 4.79 Å². The lowest BCUT2D eigenvalue weighted by molar-refractivity contribution is 0.174. The van der Waals surface area contributed by atoms with E-state index in [-0.39, 0.29) is 12.4 Å². The van der Waals surface area contributed by atoms with Crippen LogP contribution in [0.4, 0.5) is 0 Å². The van der Waals surface area contributed by atoms with Crippen molar-refractivity contribution >= 4 is 10.9 Å². The summed E-state index contributed by atoms with van der Waals surface area (Å²) >= 11 is 0. The van der Waals surface area contributed by atoms with Crippen molar-refractivity contribution in [1.82, 2.24) is 4.98 Å². The quantitative estimate of drug-likeness (QED) is 0.806. The molecular weight excluding hydrogens is 294 g/mol. The molecule has 0 saturated heterocycles. The van der Waals surface area contributed by atoms with E-state index in [1.807, 2.05) is 37.3 Å². The van der Waals surface area contributed by atoms with Crippen LogP contribution < -0.4 is 19.8 Å². The van der Waals surface area contributed by atoms with Gasteiger partial charge in [-0.1, -0.05) is 18.2 Å². The van der Waals surface area contributed by atoms with Crippen molar-refractivity contribution in [2.45, 2.75) is 6.92 Å². The molecule has 0 bridgehead atoms. The molecule has 1 aromatic heterocycles. The van der Waals surface area contributed by atoms with Gasteiger partial charge in [0.05, 0.1) is 12.1 Å². The molecule has 0 spiro atoms. The third kappa shape index (κ3) is 2.30. The predicted molar refractivity (Wildman–Crippen MR) is 87.3 cm³/mol. The maximum absolute atomic E-state index is 12.1. The van der Waals surface area contributed by atoms with E-state index in [1.54, 1.807) is 12.1 Å². The van der Waals surface area contributed by atoms with E-state index in [2.05, 4.69) is 4.98 Å². The zero-order chi connectivity index (χ0) is 15.8. The average molecular weight is 309 g/mol. The molecular formula is C18H15NO4. The monoisotopic (exact) mass is 309 g/mol. The van der Waals surface area contributed by atoms with Crippen LogP contribution in [0.15, 0.2) is 47.3 Å². The first kappa shape index (κ1) is 13.7. The summed E-state index contributed by atoms with van der Waals surface area (Å²) in [5, 5.41) is 0.890. The molecule has 23 heavy (non-hydrogen) atoms. The van der Waals surface area contributed by atoms with Crippen LogP contribution in [0.5, 0.6) is 17.2 Å². The Kier molecular flexibility index (Phi) is 3.19. The molecule has 0 radical (unpaired) electrons. The predicted octanol–water partition coefficient (Wildman–Crippen LogP) is 3.32. The molecule has 1 aliphatic heterocycles. The molecule has 0 aliphatic carbocycles. The number of aromatic nitrogens is 1. The van der Waals surface area contributed by atoms with Gasteiger partial charge < -0.3 is 19.2 Å². The van der Waals surface area contributed by atoms with Crippen molar-refractivity contribution in [3.63, 3.8) is 0 Å². The Bertz CT molecular complexity index is 945. The molecule has 0 amide bonds. The van der Waals surface area contributed by atoms with Crippen LogP contribution in [0.1, 0.15) is 6.92 Å². The average Bonchev–Trinajstić information content (AvgIpc) is 3.00. The van der Waals surface area contributed by atoms with Crippen molar-refractivity contribution in [2.24, 2.45) is 0 Å². The Morgan fingerprint density at radius 2 is 1.87 bits per heavy atom. The summed E-state index contributed by atoms with van der Waals surface area (Å²) in [4.78, 5) is 14.9. The maximum Gasteiger partial charge on any atom is 0.249 e. The maximum atomic E-state index is 12.1. The highest BCUT2D eigenvalue weighted by Gasteiger charge is 2.18. The van der Waals surface area contributed by atoms with Crippen LogP contribution >= 0.6 is 0 Å². The molecule has 5 nitrogen and oxygen atoms in total. The lowest BCUT2D eigenvalue weighted by atomic mass is 10.00. The number of hydrogen-bond donors (Lipinski definition) is 1. The Morgan fingerprint density at radius 1 is 1.09 bits per heavy atom. The van der Waals surface area contributed by atoms with Crippen molar-refractivity contribution in [1.29, 1.82) is 0 Å². The molecule has 2 heterocycles. The normalized spacial score (nSPS) is 12.6. The molecule has 4 rings (SSSR count). The van der Waals surface area contributed by atoms with E-state index in [0.29, 0.717) is 23.6 Å². The number of nitrogens with one attached hydrogen (secondary N) is 1. The lowest BCUT2D eigenvalue weighted by Crippen LogP contribution is -2.05. The largest absolute Gasteiger partial charge is 0.493 e. The summed E-state index contributed by atoms with van der Waals surface area (Å²) < 4.78 is 16.5. The number of para-hydroxylation sites is 1. The Morgan fingerprint density at radius 3 is 2.70 bits per heavy atom. The van der Waals surface area contributed by atoms with Gasteiger partial charge in [0.25, 0.3) is 0 Å². The van der Waals surface area contributed by atoms with Gasteiger partial charge in [0.1, 0.15) is 5.75 Å². The van der Waals surface area contributed by atoms with E-state index in [0.717, 1.165) is 22.3 Å². The van der Waals surface area contributed by atoms with Crippen LogP contribution in [-0.4, -0.2) is 18.4 Å². The number of ether oxygens (including phenoxy) is 3.